The zero-order valence-corrected chi connectivity index (χ0v) is 17.9. The van der Waals surface area contributed by atoms with Crippen molar-refractivity contribution in [1.29, 1.82) is 0 Å². The first-order valence-corrected chi connectivity index (χ1v) is 10.7. The first kappa shape index (κ1) is 20.1. The van der Waals surface area contributed by atoms with E-state index in [1.807, 2.05) is 59.2 Å². The molecular weight excluding hydrogens is 422 g/mol. The van der Waals surface area contributed by atoms with Crippen LogP contribution in [0.2, 0.25) is 5.02 Å². The van der Waals surface area contributed by atoms with Crippen molar-refractivity contribution in [2.75, 3.05) is 5.32 Å². The highest BCUT2D eigenvalue weighted by molar-refractivity contribution is 6.30. The molecular formula is C26H20ClN3O2. The second-order valence-electron chi connectivity index (χ2n) is 7.43. The summed E-state index contributed by atoms with van der Waals surface area (Å²) in [5.41, 5.74) is 2.35. The maximum Gasteiger partial charge on any atom is 0.244 e. The number of amides is 1. The van der Waals surface area contributed by atoms with Gasteiger partial charge >= 0.3 is 0 Å². The number of carbonyl (C=O) groups excluding carboxylic acids is 1. The number of nitrogens with one attached hydrogen (secondary N) is 1. The van der Waals surface area contributed by atoms with Gasteiger partial charge in [-0.05, 0) is 41.8 Å². The van der Waals surface area contributed by atoms with E-state index in [0.717, 1.165) is 27.6 Å². The molecule has 0 saturated carbocycles. The molecule has 158 valence electrons. The molecule has 1 heterocycles. The van der Waals surface area contributed by atoms with Crippen molar-refractivity contribution in [3.8, 4) is 5.75 Å². The van der Waals surface area contributed by atoms with Gasteiger partial charge in [-0.2, -0.15) is 0 Å². The topological polar surface area (TPSA) is 56.2 Å². The predicted octanol–water partition coefficient (Wildman–Crippen LogP) is 6.06. The number of aromatic nitrogens is 2. The van der Waals surface area contributed by atoms with E-state index in [0.29, 0.717) is 16.5 Å². The van der Waals surface area contributed by atoms with Gasteiger partial charge < -0.3 is 14.6 Å². The van der Waals surface area contributed by atoms with Crippen molar-refractivity contribution >= 4 is 45.0 Å². The zero-order chi connectivity index (χ0) is 21.9. The highest BCUT2D eigenvalue weighted by atomic mass is 35.5. The Bertz CT molecular complexity index is 1420. The van der Waals surface area contributed by atoms with Gasteiger partial charge in [0.2, 0.25) is 5.91 Å². The lowest BCUT2D eigenvalue weighted by atomic mass is 10.1. The van der Waals surface area contributed by atoms with Crippen LogP contribution < -0.4 is 10.1 Å². The highest BCUT2D eigenvalue weighted by Gasteiger charge is 2.15. The van der Waals surface area contributed by atoms with Crippen LogP contribution in [0.25, 0.3) is 21.8 Å². The second kappa shape index (κ2) is 8.73. The van der Waals surface area contributed by atoms with Crippen LogP contribution in [0.3, 0.4) is 0 Å². The van der Waals surface area contributed by atoms with Gasteiger partial charge in [-0.15, -0.1) is 0 Å². The molecule has 6 heteroatoms. The minimum absolute atomic E-state index is 0.112. The third kappa shape index (κ3) is 4.15. The Balaban J connectivity index is 1.42. The molecule has 0 radical (unpaired) electrons. The van der Waals surface area contributed by atoms with Gasteiger partial charge in [0.25, 0.3) is 0 Å². The van der Waals surface area contributed by atoms with E-state index in [9.17, 15) is 4.79 Å². The number of carbonyl (C=O) groups is 1. The fraction of sp³-hybridized carbons (Fsp3) is 0.0769. The Hall–Kier alpha value is -3.83. The Morgan fingerprint density at radius 3 is 2.62 bits per heavy atom. The van der Waals surface area contributed by atoms with Gasteiger partial charge in [-0.3, -0.25) is 4.79 Å². The summed E-state index contributed by atoms with van der Waals surface area (Å²) in [6.07, 6.45) is 0. The normalized spacial score (nSPS) is 11.0. The number of halogens is 1. The molecule has 0 atom stereocenters. The monoisotopic (exact) mass is 441 g/mol. The van der Waals surface area contributed by atoms with Crippen molar-refractivity contribution in [3.63, 3.8) is 0 Å². The Labute approximate surface area is 190 Å². The molecule has 5 aromatic rings. The molecule has 5 rings (SSSR count). The quantitative estimate of drug-likeness (QED) is 0.348. The van der Waals surface area contributed by atoms with Crippen LogP contribution in [0.5, 0.6) is 5.75 Å². The lowest BCUT2D eigenvalue weighted by Crippen LogP contribution is -2.20. The third-order valence-electron chi connectivity index (χ3n) is 5.25. The average Bonchev–Trinajstić information content (AvgIpc) is 3.15. The van der Waals surface area contributed by atoms with Crippen molar-refractivity contribution < 1.29 is 9.53 Å². The molecule has 0 aliphatic heterocycles. The largest absolute Gasteiger partial charge is 0.485 e. The van der Waals surface area contributed by atoms with Gasteiger partial charge in [0.15, 0.2) is 0 Å². The summed E-state index contributed by atoms with van der Waals surface area (Å²) in [7, 11) is 0. The number of ether oxygens (including phenoxy) is 1. The van der Waals surface area contributed by atoms with Gasteiger partial charge in [-0.25, -0.2) is 4.98 Å². The molecule has 1 N–H and O–H groups in total. The van der Waals surface area contributed by atoms with Crippen LogP contribution in [0.1, 0.15) is 5.82 Å². The SMILES string of the molecule is O=C(Cn1c(COc2cccc3ccccc23)nc2ccccc21)Nc1cccc(Cl)c1. The van der Waals surface area contributed by atoms with Gasteiger partial charge in [0.05, 0.1) is 11.0 Å². The number of benzene rings is 4. The molecule has 0 unspecified atom stereocenters. The summed E-state index contributed by atoms with van der Waals surface area (Å²) in [4.78, 5) is 17.5. The smallest absolute Gasteiger partial charge is 0.244 e. The Morgan fingerprint density at radius 2 is 1.72 bits per heavy atom. The number of para-hydroxylation sites is 2. The van der Waals surface area contributed by atoms with Crippen molar-refractivity contribution in [1.82, 2.24) is 9.55 Å². The molecule has 0 bridgehead atoms. The summed E-state index contributed by atoms with van der Waals surface area (Å²) in [5.74, 6) is 1.30. The van der Waals surface area contributed by atoms with Crippen LogP contribution in [-0.4, -0.2) is 15.5 Å². The fourth-order valence-electron chi connectivity index (χ4n) is 3.79. The number of nitrogens with zero attached hydrogens (tertiary/aromatic N) is 2. The predicted molar refractivity (Wildman–Crippen MR) is 128 cm³/mol. The van der Waals surface area contributed by atoms with Crippen molar-refractivity contribution in [3.05, 3.63) is 102 Å². The summed E-state index contributed by atoms with van der Waals surface area (Å²) in [6, 6.07) is 28.9. The van der Waals surface area contributed by atoms with Crippen molar-refractivity contribution in [2.24, 2.45) is 0 Å². The standard InChI is InChI=1S/C26H20ClN3O2/c27-19-9-6-10-20(15-19)28-26(31)16-30-23-13-4-3-12-22(23)29-25(30)17-32-24-14-5-8-18-7-1-2-11-21(18)24/h1-15H,16-17H2,(H,28,31). The first-order chi connectivity index (χ1) is 15.7. The second-order valence-corrected chi connectivity index (χ2v) is 7.86. The molecule has 32 heavy (non-hydrogen) atoms. The number of fused-ring (bicyclic) bond motifs is 2. The Kier molecular flexibility index (Phi) is 5.48. The molecule has 1 amide bonds. The molecule has 4 aromatic carbocycles. The van der Waals surface area contributed by atoms with E-state index in [2.05, 4.69) is 17.4 Å². The van der Waals surface area contributed by atoms with E-state index in [-0.39, 0.29) is 19.1 Å². The van der Waals surface area contributed by atoms with Gasteiger partial charge in [0.1, 0.15) is 24.7 Å². The molecule has 0 saturated heterocycles. The maximum atomic E-state index is 12.8. The minimum atomic E-state index is -0.165. The first-order valence-electron chi connectivity index (χ1n) is 10.3. The van der Waals surface area contributed by atoms with Crippen LogP contribution in [-0.2, 0) is 17.9 Å². The summed E-state index contributed by atoms with van der Waals surface area (Å²) in [5, 5.41) is 5.62. The van der Waals surface area contributed by atoms with E-state index in [1.165, 1.54) is 0 Å². The molecule has 0 fully saturated rings. The summed E-state index contributed by atoms with van der Waals surface area (Å²) < 4.78 is 8.05. The fourth-order valence-corrected chi connectivity index (χ4v) is 3.98. The van der Waals surface area contributed by atoms with Gasteiger partial charge in [-0.1, -0.05) is 66.2 Å². The van der Waals surface area contributed by atoms with E-state index in [1.54, 1.807) is 24.3 Å². The molecule has 0 spiro atoms. The van der Waals surface area contributed by atoms with Crippen LogP contribution in [0, 0.1) is 0 Å². The third-order valence-corrected chi connectivity index (χ3v) is 5.49. The lowest BCUT2D eigenvalue weighted by molar-refractivity contribution is -0.116. The van der Waals surface area contributed by atoms with Crippen molar-refractivity contribution in [2.45, 2.75) is 13.2 Å². The maximum absolute atomic E-state index is 12.8. The number of hydrogen-bond acceptors (Lipinski definition) is 3. The van der Waals surface area contributed by atoms with Gasteiger partial charge in [0, 0.05) is 16.1 Å². The average molecular weight is 442 g/mol. The lowest BCUT2D eigenvalue weighted by Gasteiger charge is -2.12. The van der Waals surface area contributed by atoms with Crippen LogP contribution in [0.4, 0.5) is 5.69 Å². The zero-order valence-electron chi connectivity index (χ0n) is 17.2. The molecule has 5 nitrogen and oxygen atoms in total. The number of anilines is 1. The molecule has 1 aromatic heterocycles. The van der Waals surface area contributed by atoms with E-state index in [4.69, 9.17) is 21.3 Å². The number of rotatable bonds is 6. The van der Waals surface area contributed by atoms with E-state index < -0.39 is 0 Å². The van der Waals surface area contributed by atoms with E-state index >= 15 is 0 Å². The summed E-state index contributed by atoms with van der Waals surface area (Å²) >= 11 is 6.03. The summed E-state index contributed by atoms with van der Waals surface area (Å²) in [6.45, 7) is 0.356. The number of hydrogen-bond donors (Lipinski definition) is 1. The van der Waals surface area contributed by atoms with Crippen LogP contribution in [0.15, 0.2) is 91.0 Å². The molecule has 0 aliphatic rings. The minimum Gasteiger partial charge on any atom is -0.485 e. The Morgan fingerprint density at radius 1 is 0.938 bits per heavy atom. The van der Waals surface area contributed by atoms with Crippen LogP contribution >= 0.6 is 11.6 Å². The number of imidazole rings is 1. The highest BCUT2D eigenvalue weighted by Crippen LogP contribution is 2.26. The molecule has 0 aliphatic carbocycles.